The highest BCUT2D eigenvalue weighted by molar-refractivity contribution is 6.24. The molecule has 0 unspecified atom stereocenters. The fraction of sp³-hybridized carbons (Fsp3) is 0.429. The van der Waals surface area contributed by atoms with Crippen LogP contribution in [0.5, 0.6) is 0 Å². The van der Waals surface area contributed by atoms with Crippen LogP contribution in [0, 0.1) is 0 Å². The summed E-state index contributed by atoms with van der Waals surface area (Å²) >= 11 is 0. The van der Waals surface area contributed by atoms with Crippen LogP contribution < -0.4 is 0 Å². The Balaban J connectivity index is 2.03. The van der Waals surface area contributed by atoms with Gasteiger partial charge in [0.25, 0.3) is 0 Å². The van der Waals surface area contributed by atoms with E-state index in [1.165, 1.54) is 11.6 Å². The highest BCUT2D eigenvalue weighted by Gasteiger charge is 2.35. The minimum absolute atomic E-state index is 0.0379. The van der Waals surface area contributed by atoms with E-state index in [1.54, 1.807) is 0 Å². The third-order valence-corrected chi connectivity index (χ3v) is 4.98. The van der Waals surface area contributed by atoms with E-state index in [4.69, 9.17) is 4.74 Å². The number of Topliss-reactive ketones (excluding diaryl/α,β-unsaturated/α-hetero) is 1. The largest absolute Gasteiger partial charge is 0.485 e. The molecule has 0 heterocycles. The molecule has 3 rings (SSSR count). The average molecular weight is 324 g/mol. The first-order chi connectivity index (χ1) is 11.3. The van der Waals surface area contributed by atoms with Gasteiger partial charge in [-0.15, -0.1) is 0 Å². The van der Waals surface area contributed by atoms with Crippen LogP contribution in [0.25, 0.3) is 0 Å². The van der Waals surface area contributed by atoms with E-state index < -0.39 is 0 Å². The maximum absolute atomic E-state index is 13.0. The Morgan fingerprint density at radius 2 is 2.00 bits per heavy atom. The first-order valence-electron chi connectivity index (χ1n) is 8.54. The molecule has 0 atom stereocenters. The monoisotopic (exact) mass is 324 g/mol. The summed E-state index contributed by atoms with van der Waals surface area (Å²) in [6.07, 6.45) is 6.22. The van der Waals surface area contributed by atoms with Gasteiger partial charge < -0.3 is 4.74 Å². The minimum atomic E-state index is -0.152. The van der Waals surface area contributed by atoms with Gasteiger partial charge in [0.1, 0.15) is 6.61 Å². The number of rotatable bonds is 3. The van der Waals surface area contributed by atoms with Crippen LogP contribution in [0.15, 0.2) is 35.6 Å². The maximum Gasteiger partial charge on any atom is 0.228 e. The summed E-state index contributed by atoms with van der Waals surface area (Å²) < 4.78 is 5.59. The molecule has 0 amide bonds. The van der Waals surface area contributed by atoms with Gasteiger partial charge in [0.2, 0.25) is 5.78 Å². The van der Waals surface area contributed by atoms with Crippen LogP contribution in [-0.2, 0) is 16.6 Å². The molecular weight excluding hydrogens is 300 g/mol. The van der Waals surface area contributed by atoms with E-state index in [9.17, 15) is 9.59 Å². The second-order valence-corrected chi connectivity index (χ2v) is 7.55. The van der Waals surface area contributed by atoms with Gasteiger partial charge >= 0.3 is 0 Å². The summed E-state index contributed by atoms with van der Waals surface area (Å²) in [4.78, 5) is 25.4. The van der Waals surface area contributed by atoms with Crippen LogP contribution in [0.3, 0.4) is 0 Å². The van der Waals surface area contributed by atoms with Gasteiger partial charge in [-0.2, -0.15) is 0 Å². The predicted octanol–water partition coefficient (Wildman–Crippen LogP) is 4.55. The van der Waals surface area contributed by atoms with Crippen molar-refractivity contribution in [2.45, 2.75) is 52.4 Å². The number of benzene rings is 1. The predicted molar refractivity (Wildman–Crippen MR) is 94.5 cm³/mol. The molecule has 0 saturated carbocycles. The number of ketones is 2. The lowest BCUT2D eigenvalue weighted by molar-refractivity contribution is 0.0898. The summed E-state index contributed by atoms with van der Waals surface area (Å²) in [6.45, 7) is 8.66. The Bertz CT molecular complexity index is 775. The Labute approximate surface area is 143 Å². The van der Waals surface area contributed by atoms with E-state index in [2.05, 4.69) is 13.8 Å². The Hall–Kier alpha value is -2.16. The third kappa shape index (κ3) is 2.83. The summed E-state index contributed by atoms with van der Waals surface area (Å²) in [7, 11) is 0. The van der Waals surface area contributed by atoms with Crippen molar-refractivity contribution in [1.82, 2.24) is 0 Å². The van der Waals surface area contributed by atoms with Crippen molar-refractivity contribution in [2.75, 3.05) is 6.61 Å². The summed E-state index contributed by atoms with van der Waals surface area (Å²) in [6, 6.07) is 3.84. The molecule has 0 bridgehead atoms. The van der Waals surface area contributed by atoms with Gasteiger partial charge in [-0.25, -0.2) is 0 Å². The van der Waals surface area contributed by atoms with Crippen molar-refractivity contribution in [1.29, 1.82) is 0 Å². The van der Waals surface area contributed by atoms with Crippen molar-refractivity contribution >= 4 is 11.6 Å². The quantitative estimate of drug-likeness (QED) is 0.766. The Morgan fingerprint density at radius 3 is 2.71 bits per heavy atom. The highest BCUT2D eigenvalue weighted by atomic mass is 16.5. The number of allylic oxidation sites excluding steroid dienone is 3. The minimum Gasteiger partial charge on any atom is -0.485 e. The molecule has 1 aromatic rings. The molecular formula is C21H24O3. The van der Waals surface area contributed by atoms with E-state index in [1.807, 2.05) is 32.1 Å². The van der Waals surface area contributed by atoms with Gasteiger partial charge in [0, 0.05) is 17.2 Å². The SMILES string of the molecule is CC(C)=CCOC1=CC(=O)c2ccc3c(c2C1=O)CCCC3(C)C. The molecule has 0 N–H and O–H groups in total. The van der Waals surface area contributed by atoms with Crippen LogP contribution in [0.1, 0.15) is 72.4 Å². The van der Waals surface area contributed by atoms with Crippen molar-refractivity contribution in [2.24, 2.45) is 0 Å². The molecule has 2 aliphatic carbocycles. The summed E-state index contributed by atoms with van der Waals surface area (Å²) in [5.41, 5.74) is 4.48. The molecule has 3 nitrogen and oxygen atoms in total. The lowest BCUT2D eigenvalue weighted by Crippen LogP contribution is -2.29. The second-order valence-electron chi connectivity index (χ2n) is 7.55. The van der Waals surface area contributed by atoms with E-state index >= 15 is 0 Å². The average Bonchev–Trinajstić information content (AvgIpc) is 2.50. The molecule has 0 radical (unpaired) electrons. The second kappa shape index (κ2) is 6.04. The van der Waals surface area contributed by atoms with Gasteiger partial charge in [-0.05, 0) is 61.8 Å². The zero-order chi connectivity index (χ0) is 17.5. The number of ether oxygens (including phenoxy) is 1. The Kier molecular flexibility index (Phi) is 4.20. The number of hydrogen-bond acceptors (Lipinski definition) is 3. The molecule has 24 heavy (non-hydrogen) atoms. The van der Waals surface area contributed by atoms with Gasteiger partial charge in [0.05, 0.1) is 0 Å². The fourth-order valence-corrected chi connectivity index (χ4v) is 3.64. The molecule has 0 aliphatic heterocycles. The summed E-state index contributed by atoms with van der Waals surface area (Å²) in [5, 5.41) is 0. The number of carbonyl (C=O) groups is 2. The molecule has 2 aliphatic rings. The van der Waals surface area contributed by atoms with Crippen molar-refractivity contribution in [3.63, 3.8) is 0 Å². The third-order valence-electron chi connectivity index (χ3n) is 4.98. The smallest absolute Gasteiger partial charge is 0.228 e. The van der Waals surface area contributed by atoms with Gasteiger partial charge in [-0.3, -0.25) is 9.59 Å². The lowest BCUT2D eigenvalue weighted by atomic mass is 9.69. The lowest BCUT2D eigenvalue weighted by Gasteiger charge is -2.34. The number of hydrogen-bond donors (Lipinski definition) is 0. The molecule has 0 saturated heterocycles. The topological polar surface area (TPSA) is 43.4 Å². The van der Waals surface area contributed by atoms with Gasteiger partial charge in [0.15, 0.2) is 11.5 Å². The number of fused-ring (bicyclic) bond motifs is 3. The Morgan fingerprint density at radius 1 is 1.25 bits per heavy atom. The summed E-state index contributed by atoms with van der Waals surface area (Å²) in [5.74, 6) is -0.119. The van der Waals surface area contributed by atoms with Crippen molar-refractivity contribution in [3.05, 3.63) is 57.9 Å². The van der Waals surface area contributed by atoms with Crippen LogP contribution in [0.2, 0.25) is 0 Å². The fourth-order valence-electron chi connectivity index (χ4n) is 3.64. The van der Waals surface area contributed by atoms with E-state index in [0.29, 0.717) is 17.7 Å². The standard InChI is InChI=1S/C21H24O3/c1-13(2)9-11-24-18-12-17(22)15-7-8-16-14(19(15)20(18)23)6-5-10-21(16,3)4/h7-9,12H,5-6,10-11H2,1-4H3. The molecule has 0 fully saturated rings. The first kappa shape index (κ1) is 16.7. The first-order valence-corrected chi connectivity index (χ1v) is 8.54. The van der Waals surface area contributed by atoms with Crippen LogP contribution >= 0.6 is 0 Å². The zero-order valence-electron chi connectivity index (χ0n) is 14.9. The maximum atomic E-state index is 13.0. The van der Waals surface area contributed by atoms with Crippen LogP contribution in [-0.4, -0.2) is 18.2 Å². The molecule has 0 spiro atoms. The molecule has 0 aromatic heterocycles. The van der Waals surface area contributed by atoms with Crippen LogP contribution in [0.4, 0.5) is 0 Å². The molecule has 126 valence electrons. The molecule has 1 aromatic carbocycles. The highest BCUT2D eigenvalue weighted by Crippen LogP contribution is 2.40. The zero-order valence-corrected chi connectivity index (χ0v) is 14.9. The van der Waals surface area contributed by atoms with Crippen molar-refractivity contribution in [3.8, 4) is 0 Å². The van der Waals surface area contributed by atoms with E-state index in [-0.39, 0.29) is 22.7 Å². The van der Waals surface area contributed by atoms with E-state index in [0.717, 1.165) is 30.4 Å². The van der Waals surface area contributed by atoms with Crippen molar-refractivity contribution < 1.29 is 14.3 Å². The number of carbonyl (C=O) groups excluding carboxylic acids is 2. The normalized spacial score (nSPS) is 18.4. The molecule has 3 heteroatoms. The van der Waals surface area contributed by atoms with Gasteiger partial charge in [-0.1, -0.05) is 25.5 Å².